The molecule has 7 heteroatoms. The molecule has 142 valence electrons. The van der Waals surface area contributed by atoms with Crippen LogP contribution in [0.15, 0.2) is 47.6 Å². The lowest BCUT2D eigenvalue weighted by Gasteiger charge is -2.18. The normalized spacial score (nSPS) is 11.3. The predicted molar refractivity (Wildman–Crippen MR) is 108 cm³/mol. The summed E-state index contributed by atoms with van der Waals surface area (Å²) < 4.78 is 5.03. The minimum absolute atomic E-state index is 0.0618. The molecule has 0 aliphatic heterocycles. The van der Waals surface area contributed by atoms with Gasteiger partial charge in [-0.3, -0.25) is 9.59 Å². The number of methoxy groups -OCH3 is 1. The summed E-state index contributed by atoms with van der Waals surface area (Å²) in [6.45, 7) is 6.39. The molecule has 0 radical (unpaired) electrons. The Morgan fingerprint density at radius 3 is 2.30 bits per heavy atom. The number of hydrogen-bond donors (Lipinski definition) is 2. The molecule has 0 heterocycles. The average molecular weight is 388 g/mol. The molecule has 2 rings (SSSR count). The van der Waals surface area contributed by atoms with E-state index in [9.17, 15) is 9.59 Å². The van der Waals surface area contributed by atoms with Crippen molar-refractivity contribution in [3.8, 4) is 5.75 Å². The summed E-state index contributed by atoms with van der Waals surface area (Å²) in [6, 6.07) is 12.5. The lowest BCUT2D eigenvalue weighted by Crippen LogP contribution is -2.32. The molecule has 2 aromatic rings. The Morgan fingerprint density at radius 2 is 1.74 bits per heavy atom. The summed E-state index contributed by atoms with van der Waals surface area (Å²) in [4.78, 5) is 23.7. The number of hydrogen-bond acceptors (Lipinski definition) is 4. The van der Waals surface area contributed by atoms with Gasteiger partial charge in [0.1, 0.15) is 5.75 Å². The lowest BCUT2D eigenvalue weighted by atomic mass is 9.87. The van der Waals surface area contributed by atoms with Crippen molar-refractivity contribution >= 4 is 35.3 Å². The van der Waals surface area contributed by atoms with Gasteiger partial charge in [0, 0.05) is 5.69 Å². The van der Waals surface area contributed by atoms with Gasteiger partial charge in [0.15, 0.2) is 0 Å². The fourth-order valence-electron chi connectivity index (χ4n) is 2.22. The Bertz CT molecular complexity index is 856. The van der Waals surface area contributed by atoms with Crippen molar-refractivity contribution in [2.24, 2.45) is 5.10 Å². The van der Waals surface area contributed by atoms with E-state index in [1.165, 1.54) is 25.0 Å². The Balaban J connectivity index is 1.91. The largest absolute Gasteiger partial charge is 0.495 e. The highest BCUT2D eigenvalue weighted by Gasteiger charge is 2.14. The average Bonchev–Trinajstić information content (AvgIpc) is 2.61. The van der Waals surface area contributed by atoms with Crippen molar-refractivity contribution in [3.63, 3.8) is 0 Å². The van der Waals surface area contributed by atoms with Gasteiger partial charge in [-0.2, -0.15) is 5.10 Å². The van der Waals surface area contributed by atoms with Crippen LogP contribution in [0.1, 0.15) is 31.9 Å². The van der Waals surface area contributed by atoms with Crippen LogP contribution in [-0.2, 0) is 15.0 Å². The first kappa shape index (κ1) is 20.5. The van der Waals surface area contributed by atoms with E-state index >= 15 is 0 Å². The number of hydrazone groups is 1. The Kier molecular flexibility index (Phi) is 6.58. The molecule has 0 unspecified atom stereocenters. The number of nitrogens with zero attached hydrogens (tertiary/aromatic N) is 1. The Hall–Kier alpha value is -2.86. The number of carbonyl (C=O) groups excluding carboxylic acids is 2. The fraction of sp³-hybridized carbons (Fsp3) is 0.250. The van der Waals surface area contributed by atoms with Gasteiger partial charge in [-0.1, -0.05) is 56.6 Å². The van der Waals surface area contributed by atoms with Crippen LogP contribution < -0.4 is 15.5 Å². The zero-order valence-electron chi connectivity index (χ0n) is 15.7. The zero-order chi connectivity index (χ0) is 20.0. The maximum Gasteiger partial charge on any atom is 0.329 e. The first-order valence-corrected chi connectivity index (χ1v) is 8.67. The molecule has 2 amide bonds. The summed E-state index contributed by atoms with van der Waals surface area (Å²) >= 11 is 5.98. The molecule has 0 aliphatic carbocycles. The number of nitrogens with one attached hydrogen (secondary N) is 2. The fourth-order valence-corrected chi connectivity index (χ4v) is 2.48. The summed E-state index contributed by atoms with van der Waals surface area (Å²) in [6.07, 6.45) is 1.47. The van der Waals surface area contributed by atoms with E-state index in [-0.39, 0.29) is 5.41 Å². The van der Waals surface area contributed by atoms with Gasteiger partial charge in [-0.25, -0.2) is 5.43 Å². The third kappa shape index (κ3) is 5.82. The smallest absolute Gasteiger partial charge is 0.329 e. The number of carbonyl (C=O) groups is 2. The van der Waals surface area contributed by atoms with Crippen molar-refractivity contribution in [3.05, 3.63) is 58.6 Å². The van der Waals surface area contributed by atoms with Gasteiger partial charge < -0.3 is 10.1 Å². The van der Waals surface area contributed by atoms with Crippen LogP contribution in [0.4, 0.5) is 5.69 Å². The van der Waals surface area contributed by atoms with Crippen molar-refractivity contribution in [2.75, 3.05) is 12.4 Å². The van der Waals surface area contributed by atoms with Crippen molar-refractivity contribution < 1.29 is 14.3 Å². The highest BCUT2D eigenvalue weighted by molar-refractivity contribution is 6.40. The highest BCUT2D eigenvalue weighted by Crippen LogP contribution is 2.27. The van der Waals surface area contributed by atoms with E-state index in [1.807, 2.05) is 24.3 Å². The Morgan fingerprint density at radius 1 is 1.07 bits per heavy atom. The van der Waals surface area contributed by atoms with Crippen LogP contribution in [-0.4, -0.2) is 25.1 Å². The second kappa shape index (κ2) is 8.68. The quantitative estimate of drug-likeness (QED) is 0.476. The SMILES string of the molecule is COc1ccc(NC(=O)C(=O)N/N=C/c2ccc(C(C)(C)C)cc2)cc1Cl. The van der Waals surface area contributed by atoms with Gasteiger partial charge >= 0.3 is 11.8 Å². The summed E-state index contributed by atoms with van der Waals surface area (Å²) in [7, 11) is 1.49. The molecule has 0 atom stereocenters. The number of amides is 2. The van der Waals surface area contributed by atoms with Crippen LogP contribution >= 0.6 is 11.6 Å². The molecular formula is C20H22ClN3O3. The minimum atomic E-state index is -0.885. The minimum Gasteiger partial charge on any atom is -0.495 e. The monoisotopic (exact) mass is 387 g/mol. The molecule has 27 heavy (non-hydrogen) atoms. The molecule has 6 nitrogen and oxygen atoms in total. The lowest BCUT2D eigenvalue weighted by molar-refractivity contribution is -0.136. The summed E-state index contributed by atoms with van der Waals surface area (Å²) in [5, 5.41) is 6.58. The van der Waals surface area contributed by atoms with Crippen LogP contribution in [0.3, 0.4) is 0 Å². The van der Waals surface area contributed by atoms with Crippen molar-refractivity contribution in [1.82, 2.24) is 5.43 Å². The summed E-state index contributed by atoms with van der Waals surface area (Å²) in [5.74, 6) is -1.26. The van der Waals surface area contributed by atoms with Crippen LogP contribution in [0, 0.1) is 0 Å². The number of halogens is 1. The topological polar surface area (TPSA) is 79.8 Å². The molecule has 2 aromatic carbocycles. The van der Waals surface area contributed by atoms with Crippen molar-refractivity contribution in [2.45, 2.75) is 26.2 Å². The molecular weight excluding hydrogens is 366 g/mol. The molecule has 0 spiro atoms. The highest BCUT2D eigenvalue weighted by atomic mass is 35.5. The van der Waals surface area contributed by atoms with Gasteiger partial charge in [0.25, 0.3) is 0 Å². The first-order chi connectivity index (χ1) is 12.7. The number of ether oxygens (including phenoxy) is 1. The number of benzene rings is 2. The molecule has 0 fully saturated rings. The Labute approximate surface area is 163 Å². The molecule has 0 bridgehead atoms. The van der Waals surface area contributed by atoms with Crippen molar-refractivity contribution in [1.29, 1.82) is 0 Å². The second-order valence-corrected chi connectivity index (χ2v) is 7.28. The van der Waals surface area contributed by atoms with Gasteiger partial charge in [0.05, 0.1) is 18.3 Å². The van der Waals surface area contributed by atoms with Gasteiger partial charge in [-0.05, 0) is 34.7 Å². The third-order valence-corrected chi connectivity index (χ3v) is 4.07. The molecule has 0 aliphatic rings. The van der Waals surface area contributed by atoms with E-state index in [0.29, 0.717) is 16.5 Å². The molecule has 0 saturated carbocycles. The van der Waals surface area contributed by atoms with Crippen LogP contribution in [0.2, 0.25) is 5.02 Å². The third-order valence-electron chi connectivity index (χ3n) is 3.77. The molecule has 0 saturated heterocycles. The van der Waals surface area contributed by atoms with E-state index < -0.39 is 11.8 Å². The van der Waals surface area contributed by atoms with E-state index in [4.69, 9.17) is 16.3 Å². The van der Waals surface area contributed by atoms with E-state index in [1.54, 1.807) is 12.1 Å². The maximum atomic E-state index is 11.9. The zero-order valence-corrected chi connectivity index (χ0v) is 16.4. The molecule has 0 aromatic heterocycles. The second-order valence-electron chi connectivity index (χ2n) is 6.87. The van der Waals surface area contributed by atoms with E-state index in [2.05, 4.69) is 36.6 Å². The van der Waals surface area contributed by atoms with E-state index in [0.717, 1.165) is 5.56 Å². The van der Waals surface area contributed by atoms with Crippen LogP contribution in [0.5, 0.6) is 5.75 Å². The molecule has 2 N–H and O–H groups in total. The number of rotatable bonds is 4. The maximum absolute atomic E-state index is 11.9. The standard InChI is InChI=1S/C20H22ClN3O3/c1-20(2,3)14-7-5-13(6-8-14)12-22-24-19(26)18(25)23-15-9-10-17(27-4)16(21)11-15/h5-12H,1-4H3,(H,23,25)(H,24,26)/b22-12+. The predicted octanol–water partition coefficient (Wildman–Crippen LogP) is 3.73. The number of anilines is 1. The van der Waals surface area contributed by atoms with Gasteiger partial charge in [0.2, 0.25) is 0 Å². The summed E-state index contributed by atoms with van der Waals surface area (Å²) in [5.41, 5.74) is 4.64. The first-order valence-electron chi connectivity index (χ1n) is 8.29. The van der Waals surface area contributed by atoms with Crippen LogP contribution in [0.25, 0.3) is 0 Å². The van der Waals surface area contributed by atoms with Gasteiger partial charge in [-0.15, -0.1) is 0 Å².